The first kappa shape index (κ1) is 20.2. The van der Waals surface area contributed by atoms with Gasteiger partial charge in [-0.3, -0.25) is 14.6 Å². The van der Waals surface area contributed by atoms with Gasteiger partial charge in [-0.15, -0.1) is 11.3 Å². The third kappa shape index (κ3) is 4.88. The van der Waals surface area contributed by atoms with Crippen LogP contribution in [0.3, 0.4) is 0 Å². The van der Waals surface area contributed by atoms with Crippen molar-refractivity contribution >= 4 is 28.3 Å². The Morgan fingerprint density at radius 1 is 1.10 bits per heavy atom. The molecular formula is C22H21FN4O2S. The second-order valence-electron chi connectivity index (χ2n) is 7.23. The van der Waals surface area contributed by atoms with Crippen LogP contribution in [0.15, 0.2) is 55.0 Å². The molecule has 0 unspecified atom stereocenters. The molecule has 30 heavy (non-hydrogen) atoms. The minimum atomic E-state index is -0.260. The van der Waals surface area contributed by atoms with Crippen LogP contribution in [0, 0.1) is 11.7 Å². The normalized spacial score (nSPS) is 14.5. The van der Waals surface area contributed by atoms with Gasteiger partial charge in [0.1, 0.15) is 5.82 Å². The summed E-state index contributed by atoms with van der Waals surface area (Å²) in [5.74, 6) is -0.490. The highest BCUT2D eigenvalue weighted by atomic mass is 32.1. The molecule has 154 valence electrons. The van der Waals surface area contributed by atoms with Crippen molar-refractivity contribution in [1.29, 1.82) is 0 Å². The van der Waals surface area contributed by atoms with Gasteiger partial charge in [0.15, 0.2) is 5.13 Å². The number of amides is 2. The summed E-state index contributed by atoms with van der Waals surface area (Å²) < 4.78 is 13.0. The van der Waals surface area contributed by atoms with Gasteiger partial charge < -0.3 is 10.2 Å². The molecule has 0 radical (unpaired) electrons. The van der Waals surface area contributed by atoms with Gasteiger partial charge in [-0.2, -0.15) is 0 Å². The van der Waals surface area contributed by atoms with E-state index in [9.17, 15) is 14.0 Å². The summed E-state index contributed by atoms with van der Waals surface area (Å²) in [7, 11) is 0. The molecule has 3 aromatic rings. The molecule has 1 aliphatic heterocycles. The van der Waals surface area contributed by atoms with Crippen LogP contribution in [0.1, 0.15) is 33.6 Å². The lowest BCUT2D eigenvalue weighted by Gasteiger charge is -2.31. The quantitative estimate of drug-likeness (QED) is 0.677. The third-order valence-corrected chi connectivity index (χ3v) is 6.07. The molecule has 1 saturated heterocycles. The summed E-state index contributed by atoms with van der Waals surface area (Å²) >= 11 is 1.42. The molecule has 0 aliphatic carbocycles. The molecule has 0 atom stereocenters. The highest BCUT2D eigenvalue weighted by molar-refractivity contribution is 7.15. The Labute approximate surface area is 177 Å². The number of carbonyl (C=O) groups excluding carboxylic acids is 2. The minimum Gasteiger partial charge on any atom is -0.339 e. The number of likely N-dealkylation sites (tertiary alicyclic amines) is 1. The number of aromatic nitrogens is 2. The number of halogens is 1. The van der Waals surface area contributed by atoms with Crippen LogP contribution >= 0.6 is 11.3 Å². The Hall–Kier alpha value is -3.13. The number of pyridine rings is 1. The Morgan fingerprint density at radius 3 is 2.50 bits per heavy atom. The molecule has 8 heteroatoms. The molecule has 1 N–H and O–H groups in total. The van der Waals surface area contributed by atoms with E-state index in [4.69, 9.17) is 0 Å². The molecule has 6 nitrogen and oxygen atoms in total. The third-order valence-electron chi connectivity index (χ3n) is 5.16. The molecule has 1 fully saturated rings. The molecule has 0 bridgehead atoms. The number of rotatable bonds is 5. The number of thiazole rings is 1. The number of piperidine rings is 1. The Bertz CT molecular complexity index is 1020. The lowest BCUT2D eigenvalue weighted by atomic mass is 9.95. The molecule has 1 aromatic carbocycles. The molecule has 2 amide bonds. The second-order valence-corrected chi connectivity index (χ2v) is 8.34. The van der Waals surface area contributed by atoms with Crippen molar-refractivity contribution in [3.05, 3.63) is 76.8 Å². The maximum absolute atomic E-state index is 13.0. The van der Waals surface area contributed by atoms with E-state index in [2.05, 4.69) is 15.3 Å². The van der Waals surface area contributed by atoms with E-state index in [-0.39, 0.29) is 23.5 Å². The molecule has 3 heterocycles. The fourth-order valence-corrected chi connectivity index (χ4v) is 4.33. The zero-order valence-electron chi connectivity index (χ0n) is 16.3. The average Bonchev–Trinajstić information content (AvgIpc) is 3.22. The number of hydrogen-bond acceptors (Lipinski definition) is 5. The van der Waals surface area contributed by atoms with Crippen LogP contribution in [-0.2, 0) is 11.2 Å². The van der Waals surface area contributed by atoms with Gasteiger partial charge in [-0.1, -0.05) is 12.1 Å². The van der Waals surface area contributed by atoms with Crippen LogP contribution in [0.4, 0.5) is 9.52 Å². The van der Waals surface area contributed by atoms with Crippen molar-refractivity contribution in [2.45, 2.75) is 19.3 Å². The number of anilines is 1. The van der Waals surface area contributed by atoms with Gasteiger partial charge in [0.2, 0.25) is 5.91 Å². The van der Waals surface area contributed by atoms with E-state index in [1.807, 2.05) is 0 Å². The van der Waals surface area contributed by atoms with Crippen LogP contribution in [-0.4, -0.2) is 39.8 Å². The summed E-state index contributed by atoms with van der Waals surface area (Å²) in [4.78, 5) is 36.1. The van der Waals surface area contributed by atoms with Crippen LogP contribution in [0.25, 0.3) is 0 Å². The van der Waals surface area contributed by atoms with Gasteiger partial charge in [0, 0.05) is 54.5 Å². The first-order valence-corrected chi connectivity index (χ1v) is 10.6. The molecule has 2 aromatic heterocycles. The first-order chi connectivity index (χ1) is 14.6. The van der Waals surface area contributed by atoms with Crippen LogP contribution in [0.2, 0.25) is 0 Å². The van der Waals surface area contributed by atoms with Crippen molar-refractivity contribution in [1.82, 2.24) is 14.9 Å². The number of carbonyl (C=O) groups is 2. The first-order valence-electron chi connectivity index (χ1n) is 9.78. The summed E-state index contributed by atoms with van der Waals surface area (Å²) in [5.41, 5.74) is 1.61. The Balaban J connectivity index is 1.28. The van der Waals surface area contributed by atoms with Gasteiger partial charge in [0.25, 0.3) is 5.91 Å². The predicted octanol–water partition coefficient (Wildman–Crippen LogP) is 3.76. The predicted molar refractivity (Wildman–Crippen MR) is 113 cm³/mol. The SMILES string of the molecule is O=C(Nc1ncc(Cc2ccc(F)cc2)s1)C1CCN(C(=O)c2ccncc2)CC1. The zero-order chi connectivity index (χ0) is 20.9. The smallest absolute Gasteiger partial charge is 0.253 e. The molecule has 0 spiro atoms. The largest absolute Gasteiger partial charge is 0.339 e. The monoisotopic (exact) mass is 424 g/mol. The lowest BCUT2D eigenvalue weighted by Crippen LogP contribution is -2.41. The maximum Gasteiger partial charge on any atom is 0.253 e. The fraction of sp³-hybridized carbons (Fsp3) is 0.273. The fourth-order valence-electron chi connectivity index (χ4n) is 3.48. The molecule has 0 saturated carbocycles. The van der Waals surface area contributed by atoms with Crippen LogP contribution in [0.5, 0.6) is 0 Å². The van der Waals surface area contributed by atoms with Crippen LogP contribution < -0.4 is 5.32 Å². The van der Waals surface area contributed by atoms with Gasteiger partial charge in [-0.05, 0) is 42.7 Å². The highest BCUT2D eigenvalue weighted by Crippen LogP contribution is 2.24. The molecular weight excluding hydrogens is 403 g/mol. The van der Waals surface area contributed by atoms with Gasteiger partial charge >= 0.3 is 0 Å². The number of nitrogens with zero attached hydrogens (tertiary/aromatic N) is 3. The summed E-state index contributed by atoms with van der Waals surface area (Å²) in [6, 6.07) is 9.76. The topological polar surface area (TPSA) is 75.2 Å². The van der Waals surface area contributed by atoms with Gasteiger partial charge in [-0.25, -0.2) is 9.37 Å². The standard InChI is InChI=1S/C22H21FN4O2S/c23-18-3-1-15(2-4-18)13-19-14-25-22(30-19)26-20(28)16-7-11-27(12-8-16)21(29)17-5-9-24-10-6-17/h1-6,9-10,14,16H,7-8,11-13H2,(H,25,26,28). The molecule has 1 aliphatic rings. The van der Waals surface area contributed by atoms with Crippen molar-refractivity contribution in [3.8, 4) is 0 Å². The van der Waals surface area contributed by atoms with E-state index in [1.165, 1.54) is 23.5 Å². The van der Waals surface area contributed by atoms with Crippen molar-refractivity contribution in [3.63, 3.8) is 0 Å². The highest BCUT2D eigenvalue weighted by Gasteiger charge is 2.28. The molecule has 4 rings (SSSR count). The average molecular weight is 425 g/mol. The Morgan fingerprint density at radius 2 is 1.80 bits per heavy atom. The maximum atomic E-state index is 13.0. The number of benzene rings is 1. The Kier molecular flexibility index (Phi) is 6.13. The van der Waals surface area contributed by atoms with E-state index < -0.39 is 0 Å². The van der Waals surface area contributed by atoms with Crippen molar-refractivity contribution in [2.24, 2.45) is 5.92 Å². The summed E-state index contributed by atoms with van der Waals surface area (Å²) in [6.07, 6.45) is 6.83. The van der Waals surface area contributed by atoms with Crippen molar-refractivity contribution in [2.75, 3.05) is 18.4 Å². The van der Waals surface area contributed by atoms with E-state index >= 15 is 0 Å². The number of nitrogens with one attached hydrogen (secondary N) is 1. The zero-order valence-corrected chi connectivity index (χ0v) is 17.1. The summed E-state index contributed by atoms with van der Waals surface area (Å²) in [5, 5.41) is 3.46. The van der Waals surface area contributed by atoms with Gasteiger partial charge in [0.05, 0.1) is 0 Å². The lowest BCUT2D eigenvalue weighted by molar-refractivity contribution is -0.121. The second kappa shape index (κ2) is 9.13. The van der Waals surface area contributed by atoms with Crippen molar-refractivity contribution < 1.29 is 14.0 Å². The van der Waals surface area contributed by atoms with E-state index in [0.717, 1.165) is 10.4 Å². The van der Waals surface area contributed by atoms with E-state index in [1.54, 1.807) is 47.8 Å². The number of hydrogen-bond donors (Lipinski definition) is 1. The minimum absolute atomic E-state index is 0.0263. The summed E-state index contributed by atoms with van der Waals surface area (Å²) in [6.45, 7) is 1.10. The van der Waals surface area contributed by atoms with E-state index in [0.29, 0.717) is 43.0 Å².